The van der Waals surface area contributed by atoms with E-state index in [4.69, 9.17) is 0 Å². The topological polar surface area (TPSA) is 84.5 Å². The number of esters is 1. The lowest BCUT2D eigenvalue weighted by Gasteiger charge is -2.16. The Labute approximate surface area is 147 Å². The molecule has 0 aliphatic carbocycles. The minimum absolute atomic E-state index is 0.0737. The van der Waals surface area contributed by atoms with Crippen LogP contribution in [0.2, 0.25) is 0 Å². The van der Waals surface area contributed by atoms with E-state index >= 15 is 0 Å². The van der Waals surface area contributed by atoms with Crippen molar-refractivity contribution in [2.24, 2.45) is 0 Å². The van der Waals surface area contributed by atoms with E-state index in [1.165, 1.54) is 29.8 Å². The number of carbonyl (C=O) groups is 3. The van der Waals surface area contributed by atoms with Crippen molar-refractivity contribution in [2.75, 3.05) is 13.7 Å². The van der Waals surface area contributed by atoms with E-state index in [2.05, 4.69) is 15.4 Å². The Morgan fingerprint density at radius 3 is 2.54 bits per heavy atom. The van der Waals surface area contributed by atoms with Crippen molar-refractivity contribution in [3.8, 4) is 0 Å². The highest BCUT2D eigenvalue weighted by Crippen LogP contribution is 2.22. The van der Waals surface area contributed by atoms with Crippen LogP contribution in [-0.4, -0.2) is 31.4 Å². The number of methoxy groups -OCH3 is 1. The van der Waals surface area contributed by atoms with Gasteiger partial charge in [0, 0.05) is 17.8 Å². The molecular formula is C16H18N2O4S2. The van der Waals surface area contributed by atoms with Crippen molar-refractivity contribution >= 4 is 40.5 Å². The molecule has 2 aromatic heterocycles. The molecule has 0 spiro atoms. The lowest BCUT2D eigenvalue weighted by molar-refractivity contribution is -0.141. The van der Waals surface area contributed by atoms with E-state index in [-0.39, 0.29) is 37.2 Å². The quantitative estimate of drug-likeness (QED) is 0.703. The van der Waals surface area contributed by atoms with Crippen LogP contribution in [0.3, 0.4) is 0 Å². The number of carbonyl (C=O) groups excluding carboxylic acids is 3. The van der Waals surface area contributed by atoms with Crippen LogP contribution in [0.15, 0.2) is 35.0 Å². The average Bonchev–Trinajstić information content (AvgIpc) is 3.27. The van der Waals surface area contributed by atoms with Crippen LogP contribution in [0.5, 0.6) is 0 Å². The molecule has 128 valence electrons. The maximum absolute atomic E-state index is 12.1. The number of nitrogens with one attached hydrogen (secondary N) is 2. The molecule has 2 amide bonds. The minimum Gasteiger partial charge on any atom is -0.469 e. The van der Waals surface area contributed by atoms with E-state index in [0.717, 1.165) is 4.88 Å². The molecule has 2 N–H and O–H groups in total. The third-order valence-electron chi connectivity index (χ3n) is 3.20. The predicted octanol–water partition coefficient (Wildman–Crippen LogP) is 2.35. The van der Waals surface area contributed by atoms with Crippen LogP contribution in [-0.2, 0) is 14.3 Å². The Hall–Kier alpha value is -2.19. The highest BCUT2D eigenvalue weighted by molar-refractivity contribution is 7.12. The average molecular weight is 366 g/mol. The van der Waals surface area contributed by atoms with Gasteiger partial charge in [0.1, 0.15) is 0 Å². The molecule has 0 saturated heterocycles. The third kappa shape index (κ3) is 5.47. The van der Waals surface area contributed by atoms with Crippen molar-refractivity contribution in [2.45, 2.75) is 18.9 Å². The standard InChI is InChI=1S/C16H18N2O4S2/c1-22-15(20)10-11(12-4-2-8-23-12)18-14(19)6-7-17-16(21)13-5-3-9-24-13/h2-5,8-9,11H,6-7,10H2,1H3,(H,17,21)(H,18,19). The molecule has 0 fully saturated rings. The molecule has 24 heavy (non-hydrogen) atoms. The van der Waals surface area contributed by atoms with Crippen LogP contribution in [0, 0.1) is 0 Å². The summed E-state index contributed by atoms with van der Waals surface area (Å²) >= 11 is 2.81. The maximum atomic E-state index is 12.1. The molecule has 0 saturated carbocycles. The maximum Gasteiger partial charge on any atom is 0.307 e. The first-order valence-electron chi connectivity index (χ1n) is 7.31. The van der Waals surface area contributed by atoms with Gasteiger partial charge in [-0.1, -0.05) is 12.1 Å². The fraction of sp³-hybridized carbons (Fsp3) is 0.312. The SMILES string of the molecule is COC(=O)CC(NC(=O)CCNC(=O)c1cccs1)c1cccs1. The summed E-state index contributed by atoms with van der Waals surface area (Å²) in [6.07, 6.45) is 0.213. The van der Waals surface area contributed by atoms with Gasteiger partial charge in [0.05, 0.1) is 24.4 Å². The van der Waals surface area contributed by atoms with Gasteiger partial charge in [0.2, 0.25) is 5.91 Å². The number of hydrogen-bond donors (Lipinski definition) is 2. The first-order chi connectivity index (χ1) is 11.6. The molecule has 0 aliphatic heterocycles. The van der Waals surface area contributed by atoms with E-state index in [0.29, 0.717) is 4.88 Å². The molecule has 1 unspecified atom stereocenters. The lowest BCUT2D eigenvalue weighted by atomic mass is 10.1. The molecule has 1 atom stereocenters. The first kappa shape index (κ1) is 18.2. The van der Waals surface area contributed by atoms with Crippen LogP contribution in [0.1, 0.15) is 33.4 Å². The number of amides is 2. The molecule has 6 nitrogen and oxygen atoms in total. The summed E-state index contributed by atoms with van der Waals surface area (Å²) in [5, 5.41) is 9.21. The number of rotatable bonds is 8. The summed E-state index contributed by atoms with van der Waals surface area (Å²) in [5.74, 6) is -0.814. The van der Waals surface area contributed by atoms with Gasteiger partial charge in [0.15, 0.2) is 0 Å². The van der Waals surface area contributed by atoms with Gasteiger partial charge in [-0.2, -0.15) is 0 Å². The second kappa shape index (κ2) is 9.19. The van der Waals surface area contributed by atoms with Gasteiger partial charge >= 0.3 is 5.97 Å². The van der Waals surface area contributed by atoms with Gasteiger partial charge in [-0.3, -0.25) is 14.4 Å². The molecule has 0 radical (unpaired) electrons. The van der Waals surface area contributed by atoms with Crippen LogP contribution < -0.4 is 10.6 Å². The number of hydrogen-bond acceptors (Lipinski definition) is 6. The highest BCUT2D eigenvalue weighted by Gasteiger charge is 2.19. The summed E-state index contributed by atoms with van der Waals surface area (Å²) in [6, 6.07) is 6.82. The van der Waals surface area contributed by atoms with Crippen LogP contribution >= 0.6 is 22.7 Å². The summed E-state index contributed by atoms with van der Waals surface area (Å²) < 4.78 is 4.67. The summed E-state index contributed by atoms with van der Waals surface area (Å²) in [6.45, 7) is 0.234. The molecule has 0 aromatic carbocycles. The third-order valence-corrected chi connectivity index (χ3v) is 5.06. The fourth-order valence-electron chi connectivity index (χ4n) is 2.01. The van der Waals surface area contributed by atoms with Gasteiger partial charge in [0.25, 0.3) is 5.91 Å². The zero-order valence-corrected chi connectivity index (χ0v) is 14.7. The smallest absolute Gasteiger partial charge is 0.307 e. The zero-order chi connectivity index (χ0) is 17.4. The Morgan fingerprint density at radius 1 is 1.17 bits per heavy atom. The minimum atomic E-state index is -0.419. The summed E-state index contributed by atoms with van der Waals surface area (Å²) in [4.78, 5) is 36.9. The summed E-state index contributed by atoms with van der Waals surface area (Å²) in [7, 11) is 1.32. The highest BCUT2D eigenvalue weighted by atomic mass is 32.1. The second-order valence-corrected chi connectivity index (χ2v) is 6.83. The van der Waals surface area contributed by atoms with E-state index in [1.807, 2.05) is 22.9 Å². The lowest BCUT2D eigenvalue weighted by Crippen LogP contribution is -2.33. The van der Waals surface area contributed by atoms with Crippen LogP contribution in [0.25, 0.3) is 0 Å². The largest absolute Gasteiger partial charge is 0.469 e. The Balaban J connectivity index is 1.82. The van der Waals surface area contributed by atoms with Crippen molar-refractivity contribution < 1.29 is 19.1 Å². The molecular weight excluding hydrogens is 348 g/mol. The monoisotopic (exact) mass is 366 g/mol. The molecule has 2 heterocycles. The van der Waals surface area contributed by atoms with Crippen molar-refractivity contribution in [1.82, 2.24) is 10.6 Å². The van der Waals surface area contributed by atoms with E-state index < -0.39 is 6.04 Å². The van der Waals surface area contributed by atoms with Crippen LogP contribution in [0.4, 0.5) is 0 Å². The molecule has 2 rings (SSSR count). The van der Waals surface area contributed by atoms with Crippen molar-refractivity contribution in [3.05, 3.63) is 44.8 Å². The Morgan fingerprint density at radius 2 is 1.92 bits per heavy atom. The number of thiophene rings is 2. The van der Waals surface area contributed by atoms with Crippen molar-refractivity contribution in [1.29, 1.82) is 0 Å². The van der Waals surface area contributed by atoms with Gasteiger partial charge < -0.3 is 15.4 Å². The Kier molecular flexibility index (Phi) is 6.95. The molecule has 2 aromatic rings. The zero-order valence-electron chi connectivity index (χ0n) is 13.1. The summed E-state index contributed by atoms with van der Waals surface area (Å²) in [5.41, 5.74) is 0. The fourth-order valence-corrected chi connectivity index (χ4v) is 3.43. The van der Waals surface area contributed by atoms with Crippen molar-refractivity contribution in [3.63, 3.8) is 0 Å². The molecule has 8 heteroatoms. The first-order valence-corrected chi connectivity index (χ1v) is 9.07. The second-order valence-electron chi connectivity index (χ2n) is 4.90. The predicted molar refractivity (Wildman–Crippen MR) is 93.1 cm³/mol. The number of ether oxygens (including phenoxy) is 1. The Bertz CT molecular complexity index is 668. The normalized spacial score (nSPS) is 11.5. The van der Waals surface area contributed by atoms with Gasteiger partial charge in [-0.15, -0.1) is 22.7 Å². The molecule has 0 bridgehead atoms. The molecule has 0 aliphatic rings. The van der Waals surface area contributed by atoms with E-state index in [9.17, 15) is 14.4 Å². The van der Waals surface area contributed by atoms with Gasteiger partial charge in [-0.05, 0) is 22.9 Å². The van der Waals surface area contributed by atoms with Gasteiger partial charge in [-0.25, -0.2) is 0 Å². The van der Waals surface area contributed by atoms with E-state index in [1.54, 1.807) is 12.1 Å².